The fourth-order valence-corrected chi connectivity index (χ4v) is 1.76. The molecule has 2 aromatic rings. The highest BCUT2D eigenvalue weighted by Gasteiger charge is 2.13. The van der Waals surface area contributed by atoms with E-state index >= 15 is 0 Å². The number of alkyl halides is 3. The van der Waals surface area contributed by atoms with Gasteiger partial charge < -0.3 is 4.98 Å². The van der Waals surface area contributed by atoms with Crippen LogP contribution in [0.4, 0.5) is 8.78 Å². The highest BCUT2D eigenvalue weighted by atomic mass is 79.9. The van der Waals surface area contributed by atoms with Crippen LogP contribution in [0.25, 0.3) is 11.0 Å². The zero-order chi connectivity index (χ0) is 11.7. The maximum Gasteiger partial charge on any atom is 0.263 e. The first kappa shape index (κ1) is 11.2. The second-order valence-corrected chi connectivity index (χ2v) is 3.80. The van der Waals surface area contributed by atoms with E-state index < -0.39 is 6.43 Å². The SMILES string of the molecule is O=Cc1cc(C(F)F)cc2[nH]c(CBr)nc12. The average molecular weight is 289 g/mol. The Morgan fingerprint density at radius 3 is 2.81 bits per heavy atom. The number of aromatic nitrogens is 2. The van der Waals surface area contributed by atoms with E-state index in [1.54, 1.807) is 0 Å². The predicted molar refractivity (Wildman–Crippen MR) is 59.1 cm³/mol. The number of carbonyl (C=O) groups excluding carboxylic acids is 1. The predicted octanol–water partition coefficient (Wildman–Crippen LogP) is 3.21. The minimum absolute atomic E-state index is 0.177. The number of hydrogen-bond acceptors (Lipinski definition) is 2. The lowest BCUT2D eigenvalue weighted by molar-refractivity contribution is 0.112. The summed E-state index contributed by atoms with van der Waals surface area (Å²) in [6, 6.07) is 2.48. The van der Waals surface area contributed by atoms with Crippen LogP contribution >= 0.6 is 15.9 Å². The lowest BCUT2D eigenvalue weighted by atomic mass is 10.1. The largest absolute Gasteiger partial charge is 0.341 e. The lowest BCUT2D eigenvalue weighted by Gasteiger charge is -2.00. The summed E-state index contributed by atoms with van der Waals surface area (Å²) in [4.78, 5) is 17.8. The number of H-pyrrole nitrogens is 1. The normalized spacial score (nSPS) is 11.2. The Kier molecular flexibility index (Phi) is 3.00. The molecule has 0 spiro atoms. The number of halogens is 3. The zero-order valence-electron chi connectivity index (χ0n) is 8.01. The smallest absolute Gasteiger partial charge is 0.263 e. The zero-order valence-corrected chi connectivity index (χ0v) is 9.59. The van der Waals surface area contributed by atoms with Gasteiger partial charge in [-0.25, -0.2) is 13.8 Å². The van der Waals surface area contributed by atoms with Crippen LogP contribution in [0.5, 0.6) is 0 Å². The molecule has 2 rings (SSSR count). The molecule has 0 aliphatic carbocycles. The number of benzene rings is 1. The minimum atomic E-state index is -2.60. The van der Waals surface area contributed by atoms with Gasteiger partial charge in [0.05, 0.1) is 16.4 Å². The van der Waals surface area contributed by atoms with Crippen molar-refractivity contribution >= 4 is 33.2 Å². The van der Waals surface area contributed by atoms with E-state index in [0.29, 0.717) is 28.5 Å². The number of imidazole rings is 1. The summed E-state index contributed by atoms with van der Waals surface area (Å²) in [5.41, 5.74) is 0.874. The van der Waals surface area contributed by atoms with Gasteiger partial charge in [0.15, 0.2) is 6.29 Å². The fraction of sp³-hybridized carbons (Fsp3) is 0.200. The van der Waals surface area contributed by atoms with Crippen LogP contribution < -0.4 is 0 Å². The molecule has 3 nitrogen and oxygen atoms in total. The monoisotopic (exact) mass is 288 g/mol. The summed E-state index contributed by atoms with van der Waals surface area (Å²) in [7, 11) is 0. The van der Waals surface area contributed by atoms with Crippen molar-refractivity contribution in [3.8, 4) is 0 Å². The van der Waals surface area contributed by atoms with Gasteiger partial charge in [-0.15, -0.1) is 0 Å². The summed E-state index contributed by atoms with van der Waals surface area (Å²) in [6.07, 6.45) is -2.06. The third-order valence-electron chi connectivity index (χ3n) is 2.19. The number of nitrogens with one attached hydrogen (secondary N) is 1. The second-order valence-electron chi connectivity index (χ2n) is 3.24. The first-order chi connectivity index (χ1) is 7.65. The first-order valence-electron chi connectivity index (χ1n) is 4.47. The van der Waals surface area contributed by atoms with Crippen LogP contribution in [-0.4, -0.2) is 16.3 Å². The van der Waals surface area contributed by atoms with Crippen molar-refractivity contribution in [1.82, 2.24) is 9.97 Å². The Labute approximate surface area is 98.0 Å². The molecule has 0 aliphatic rings. The van der Waals surface area contributed by atoms with Gasteiger partial charge in [0.2, 0.25) is 0 Å². The molecule has 0 bridgehead atoms. The van der Waals surface area contributed by atoms with Crippen molar-refractivity contribution in [1.29, 1.82) is 0 Å². The molecule has 0 aliphatic heterocycles. The molecule has 1 N–H and O–H groups in total. The third-order valence-corrected chi connectivity index (χ3v) is 2.72. The molecule has 0 atom stereocenters. The fourth-order valence-electron chi connectivity index (χ4n) is 1.50. The van der Waals surface area contributed by atoms with Gasteiger partial charge in [0.1, 0.15) is 5.82 Å². The van der Waals surface area contributed by atoms with E-state index in [9.17, 15) is 13.6 Å². The Hall–Kier alpha value is -1.30. The van der Waals surface area contributed by atoms with Crippen molar-refractivity contribution in [2.45, 2.75) is 11.8 Å². The first-order valence-corrected chi connectivity index (χ1v) is 5.59. The standard InChI is InChI=1S/C10H7BrF2N2O/c11-3-8-14-7-2-5(10(12)13)1-6(4-16)9(7)15-8/h1-2,4,10H,3H2,(H,14,15). The van der Waals surface area contributed by atoms with Crippen LogP contribution in [0.3, 0.4) is 0 Å². The number of aldehydes is 1. The van der Waals surface area contributed by atoms with Crippen LogP contribution in [0.1, 0.15) is 28.2 Å². The van der Waals surface area contributed by atoms with Crippen molar-refractivity contribution in [3.63, 3.8) is 0 Å². The maximum absolute atomic E-state index is 12.5. The number of carbonyl (C=O) groups is 1. The highest BCUT2D eigenvalue weighted by Crippen LogP contribution is 2.25. The van der Waals surface area contributed by atoms with Gasteiger partial charge in [0.25, 0.3) is 6.43 Å². The van der Waals surface area contributed by atoms with Gasteiger partial charge in [-0.2, -0.15) is 0 Å². The van der Waals surface area contributed by atoms with Crippen molar-refractivity contribution in [2.24, 2.45) is 0 Å². The molecule has 0 radical (unpaired) electrons. The summed E-state index contributed by atoms with van der Waals surface area (Å²) in [5, 5.41) is 0.476. The Bertz CT molecular complexity index is 539. The average Bonchev–Trinajstić information content (AvgIpc) is 2.70. The van der Waals surface area contributed by atoms with Gasteiger partial charge in [-0.05, 0) is 12.1 Å². The van der Waals surface area contributed by atoms with Crippen LogP contribution in [0, 0.1) is 0 Å². The minimum Gasteiger partial charge on any atom is -0.341 e. The topological polar surface area (TPSA) is 45.8 Å². The molecule has 1 heterocycles. The van der Waals surface area contributed by atoms with E-state index in [4.69, 9.17) is 0 Å². The van der Waals surface area contributed by atoms with E-state index in [-0.39, 0.29) is 11.1 Å². The summed E-state index contributed by atoms with van der Waals surface area (Å²) < 4.78 is 25.1. The number of fused-ring (bicyclic) bond motifs is 1. The van der Waals surface area contributed by atoms with Crippen LogP contribution in [0.2, 0.25) is 0 Å². The van der Waals surface area contributed by atoms with Crippen LogP contribution in [0.15, 0.2) is 12.1 Å². The van der Waals surface area contributed by atoms with Crippen molar-refractivity contribution in [3.05, 3.63) is 29.1 Å². The van der Waals surface area contributed by atoms with Gasteiger partial charge in [0, 0.05) is 11.1 Å². The Balaban J connectivity index is 2.70. The Morgan fingerprint density at radius 1 is 1.50 bits per heavy atom. The summed E-state index contributed by atoms with van der Waals surface area (Å²) in [6.45, 7) is 0. The maximum atomic E-state index is 12.5. The van der Waals surface area contributed by atoms with Crippen molar-refractivity contribution < 1.29 is 13.6 Å². The third kappa shape index (κ3) is 1.84. The summed E-state index contributed by atoms with van der Waals surface area (Å²) >= 11 is 3.20. The molecular weight excluding hydrogens is 282 g/mol. The van der Waals surface area contributed by atoms with E-state index in [1.807, 2.05) is 0 Å². The number of rotatable bonds is 3. The van der Waals surface area contributed by atoms with Gasteiger partial charge >= 0.3 is 0 Å². The molecule has 6 heteroatoms. The molecule has 1 aromatic carbocycles. The molecule has 0 saturated heterocycles. The van der Waals surface area contributed by atoms with E-state index in [0.717, 1.165) is 0 Å². The molecule has 0 saturated carbocycles. The van der Waals surface area contributed by atoms with E-state index in [2.05, 4.69) is 25.9 Å². The number of hydrogen-bond donors (Lipinski definition) is 1. The molecule has 16 heavy (non-hydrogen) atoms. The molecule has 84 valence electrons. The highest BCUT2D eigenvalue weighted by molar-refractivity contribution is 9.08. The van der Waals surface area contributed by atoms with Crippen molar-refractivity contribution in [2.75, 3.05) is 0 Å². The summed E-state index contributed by atoms with van der Waals surface area (Å²) in [5.74, 6) is 0.601. The molecule has 0 amide bonds. The molecule has 0 fully saturated rings. The number of aromatic amines is 1. The van der Waals surface area contributed by atoms with Gasteiger partial charge in [-0.1, -0.05) is 15.9 Å². The molecular formula is C10H7BrF2N2O. The molecule has 1 aromatic heterocycles. The molecule has 0 unspecified atom stereocenters. The quantitative estimate of drug-likeness (QED) is 0.696. The number of nitrogens with zero attached hydrogens (tertiary/aromatic N) is 1. The van der Waals surface area contributed by atoms with Crippen LogP contribution in [-0.2, 0) is 5.33 Å². The lowest BCUT2D eigenvalue weighted by Crippen LogP contribution is -1.90. The Morgan fingerprint density at radius 2 is 2.25 bits per heavy atom. The van der Waals surface area contributed by atoms with Gasteiger partial charge in [-0.3, -0.25) is 4.79 Å². The van der Waals surface area contributed by atoms with E-state index in [1.165, 1.54) is 12.1 Å². The second kappa shape index (κ2) is 4.29.